The van der Waals surface area contributed by atoms with Crippen LogP contribution in [0.5, 0.6) is 0 Å². The van der Waals surface area contributed by atoms with Crippen LogP contribution in [0.25, 0.3) is 0 Å². The average Bonchev–Trinajstić information content (AvgIpc) is 2.70. The summed E-state index contributed by atoms with van der Waals surface area (Å²) in [4.78, 5) is 24.7. The highest BCUT2D eigenvalue weighted by Gasteiger charge is 2.27. The lowest BCUT2D eigenvalue weighted by atomic mass is 9.83. The normalized spacial score (nSPS) is 16.9. The van der Waals surface area contributed by atoms with E-state index in [-0.39, 0.29) is 11.6 Å². The average molecular weight is 435 g/mol. The molecule has 0 saturated heterocycles. The Morgan fingerprint density at radius 3 is 1.90 bits per heavy atom. The molecule has 0 radical (unpaired) electrons. The standard InChI is InChI=1S/C26H36F2O3/c1-17(9-6-10-18(2)12-8-14-24(27)28)11-7-13-22(29)15-16-23-21(5)25(30)19(3)20(4)26(23)31/h10-11,14,22,29H,6-9,12-13,15-16H2,1-5H3/b17-11+,18-10+/t22-/m0/s1. The molecule has 0 saturated carbocycles. The zero-order valence-electron chi connectivity index (χ0n) is 19.5. The number of carbonyl (C=O) groups excluding carboxylic acids is 2. The molecule has 3 nitrogen and oxygen atoms in total. The first-order valence-electron chi connectivity index (χ1n) is 11.0. The number of carbonyl (C=O) groups is 2. The molecule has 0 aromatic rings. The van der Waals surface area contributed by atoms with Crippen LogP contribution in [-0.4, -0.2) is 22.8 Å². The Kier molecular flexibility index (Phi) is 11.5. The molecule has 0 heterocycles. The molecule has 0 aromatic heterocycles. The Labute approximate surface area is 185 Å². The summed E-state index contributed by atoms with van der Waals surface area (Å²) in [5.41, 5.74) is 4.41. The van der Waals surface area contributed by atoms with E-state index in [9.17, 15) is 23.5 Å². The summed E-state index contributed by atoms with van der Waals surface area (Å²) < 4.78 is 24.0. The maximum atomic E-state index is 12.4. The molecule has 172 valence electrons. The topological polar surface area (TPSA) is 54.4 Å². The van der Waals surface area contributed by atoms with Crippen molar-refractivity contribution in [1.82, 2.24) is 0 Å². The number of hydrogen-bond donors (Lipinski definition) is 1. The van der Waals surface area contributed by atoms with E-state index in [2.05, 4.69) is 19.1 Å². The third-order valence-corrected chi connectivity index (χ3v) is 5.90. The van der Waals surface area contributed by atoms with Crippen LogP contribution in [0.4, 0.5) is 8.78 Å². The van der Waals surface area contributed by atoms with Gasteiger partial charge in [-0.1, -0.05) is 23.3 Å². The molecule has 1 aliphatic carbocycles. The first-order chi connectivity index (χ1) is 14.5. The van der Waals surface area contributed by atoms with Crippen molar-refractivity contribution in [2.24, 2.45) is 0 Å². The van der Waals surface area contributed by atoms with Gasteiger partial charge in [0.2, 0.25) is 0 Å². The van der Waals surface area contributed by atoms with Gasteiger partial charge in [0, 0.05) is 22.3 Å². The highest BCUT2D eigenvalue weighted by molar-refractivity contribution is 6.24. The van der Waals surface area contributed by atoms with Gasteiger partial charge in [-0.3, -0.25) is 9.59 Å². The van der Waals surface area contributed by atoms with Gasteiger partial charge in [0.15, 0.2) is 11.6 Å². The van der Waals surface area contributed by atoms with Gasteiger partial charge >= 0.3 is 0 Å². The Morgan fingerprint density at radius 1 is 0.806 bits per heavy atom. The van der Waals surface area contributed by atoms with E-state index in [4.69, 9.17) is 0 Å². The Morgan fingerprint density at radius 2 is 1.32 bits per heavy atom. The minimum Gasteiger partial charge on any atom is -0.393 e. The summed E-state index contributed by atoms with van der Waals surface area (Å²) in [6.45, 7) is 9.07. The Balaban J connectivity index is 2.38. The summed E-state index contributed by atoms with van der Waals surface area (Å²) in [6.07, 6.45) is 8.01. The minimum absolute atomic E-state index is 0.0736. The lowest BCUT2D eigenvalue weighted by molar-refractivity contribution is -0.116. The van der Waals surface area contributed by atoms with Gasteiger partial charge in [0.1, 0.15) is 0 Å². The van der Waals surface area contributed by atoms with E-state index >= 15 is 0 Å². The third-order valence-electron chi connectivity index (χ3n) is 5.90. The molecule has 0 amide bonds. The van der Waals surface area contributed by atoms with Gasteiger partial charge < -0.3 is 5.11 Å². The van der Waals surface area contributed by atoms with E-state index in [1.165, 1.54) is 5.57 Å². The van der Waals surface area contributed by atoms with Crippen molar-refractivity contribution in [3.8, 4) is 0 Å². The molecule has 0 spiro atoms. The number of rotatable bonds is 12. The number of hydrogen-bond acceptors (Lipinski definition) is 3. The number of ketones is 2. The first-order valence-corrected chi connectivity index (χ1v) is 11.0. The molecule has 5 heteroatoms. The van der Waals surface area contributed by atoms with Crippen molar-refractivity contribution < 1.29 is 23.5 Å². The number of aliphatic hydroxyl groups is 1. The SMILES string of the molecule is CC1=C(C)C(=O)C(CC[C@@H](O)CC/C=C(\C)CC/C=C(\C)CCC=C(F)F)=C(C)C1=O. The quantitative estimate of drug-likeness (QED) is 0.267. The minimum atomic E-state index is -1.62. The van der Waals surface area contributed by atoms with Gasteiger partial charge in [-0.25, -0.2) is 0 Å². The van der Waals surface area contributed by atoms with Crippen LogP contribution in [0.15, 0.2) is 57.7 Å². The van der Waals surface area contributed by atoms with Crippen molar-refractivity contribution in [2.75, 3.05) is 0 Å². The summed E-state index contributed by atoms with van der Waals surface area (Å²) >= 11 is 0. The van der Waals surface area contributed by atoms with Crippen molar-refractivity contribution in [3.05, 3.63) is 57.7 Å². The van der Waals surface area contributed by atoms with E-state index in [0.29, 0.717) is 54.4 Å². The molecule has 1 atom stereocenters. The van der Waals surface area contributed by atoms with Crippen LogP contribution in [-0.2, 0) is 9.59 Å². The van der Waals surface area contributed by atoms with Crippen LogP contribution in [0, 0.1) is 0 Å². The third kappa shape index (κ3) is 9.26. The van der Waals surface area contributed by atoms with Crippen LogP contribution in [0.1, 0.15) is 86.0 Å². The largest absolute Gasteiger partial charge is 0.393 e. The monoisotopic (exact) mass is 434 g/mol. The maximum absolute atomic E-state index is 12.4. The zero-order valence-corrected chi connectivity index (χ0v) is 19.5. The summed E-state index contributed by atoms with van der Waals surface area (Å²) in [7, 11) is 0. The molecule has 0 aliphatic heterocycles. The molecule has 0 aromatic carbocycles. The molecule has 0 bridgehead atoms. The molecule has 31 heavy (non-hydrogen) atoms. The second-order valence-corrected chi connectivity index (χ2v) is 8.45. The molecule has 1 rings (SSSR count). The Hall–Kier alpha value is -2.14. The van der Waals surface area contributed by atoms with Gasteiger partial charge in [0.25, 0.3) is 6.08 Å². The first kappa shape index (κ1) is 26.9. The predicted octanol–water partition coefficient (Wildman–Crippen LogP) is 6.95. The summed E-state index contributed by atoms with van der Waals surface area (Å²) in [5.74, 6) is -0.151. The molecular weight excluding hydrogens is 398 g/mol. The van der Waals surface area contributed by atoms with E-state index in [0.717, 1.165) is 30.9 Å². The summed E-state index contributed by atoms with van der Waals surface area (Å²) in [6, 6.07) is 0. The second kappa shape index (κ2) is 13.3. The highest BCUT2D eigenvalue weighted by Crippen LogP contribution is 2.27. The highest BCUT2D eigenvalue weighted by atomic mass is 19.3. The zero-order chi connectivity index (χ0) is 23.6. The van der Waals surface area contributed by atoms with E-state index in [1.807, 2.05) is 6.92 Å². The number of aliphatic hydroxyl groups excluding tert-OH is 1. The van der Waals surface area contributed by atoms with Crippen LogP contribution >= 0.6 is 0 Å². The van der Waals surface area contributed by atoms with E-state index in [1.54, 1.807) is 20.8 Å². The van der Waals surface area contributed by atoms with Gasteiger partial charge in [-0.2, -0.15) is 8.78 Å². The van der Waals surface area contributed by atoms with Crippen LogP contribution in [0.3, 0.4) is 0 Å². The van der Waals surface area contributed by atoms with Gasteiger partial charge in [-0.05, 0) is 92.1 Å². The van der Waals surface area contributed by atoms with E-state index < -0.39 is 12.2 Å². The number of halogens is 2. The van der Waals surface area contributed by atoms with Crippen molar-refractivity contribution in [2.45, 2.75) is 92.1 Å². The fourth-order valence-corrected chi connectivity index (χ4v) is 3.59. The Bertz CT molecular complexity index is 822. The molecular formula is C26H36F2O3. The molecule has 1 N–H and O–H groups in total. The smallest absolute Gasteiger partial charge is 0.266 e. The van der Waals surface area contributed by atoms with Gasteiger partial charge in [-0.15, -0.1) is 0 Å². The maximum Gasteiger partial charge on any atom is 0.266 e. The van der Waals surface area contributed by atoms with Crippen molar-refractivity contribution in [3.63, 3.8) is 0 Å². The number of Topliss-reactive ketones (excluding diaryl/α,β-unsaturated/α-hetero) is 2. The molecule has 1 aliphatic rings. The lowest BCUT2D eigenvalue weighted by Gasteiger charge is -2.19. The van der Waals surface area contributed by atoms with Crippen molar-refractivity contribution >= 4 is 11.6 Å². The van der Waals surface area contributed by atoms with Crippen molar-refractivity contribution in [1.29, 1.82) is 0 Å². The number of allylic oxidation sites excluding steroid dienone is 9. The second-order valence-electron chi connectivity index (χ2n) is 8.45. The summed E-state index contributed by atoms with van der Waals surface area (Å²) in [5, 5.41) is 10.3. The predicted molar refractivity (Wildman–Crippen MR) is 122 cm³/mol. The van der Waals surface area contributed by atoms with Crippen LogP contribution < -0.4 is 0 Å². The fraction of sp³-hybridized carbons (Fsp3) is 0.538. The molecule has 0 unspecified atom stereocenters. The molecule has 0 fully saturated rings. The van der Waals surface area contributed by atoms with Gasteiger partial charge in [0.05, 0.1) is 6.10 Å². The fourth-order valence-electron chi connectivity index (χ4n) is 3.59. The van der Waals surface area contributed by atoms with Crippen LogP contribution in [0.2, 0.25) is 0 Å². The lowest BCUT2D eigenvalue weighted by Crippen LogP contribution is -2.21.